The van der Waals surface area contributed by atoms with Crippen molar-refractivity contribution in [2.24, 2.45) is 17.8 Å². The number of aromatic nitrogens is 3. The SMILES string of the molecule is Cc1cc(COc2ccc(C(=O)NC3C(C)CCCC3O)cc2)c2ccccc2n1.Cc1cc(COc2ccc(C(=O)NC3C(O)CCCC3C(=O)NO)cc2)c2ccccc2n1.Cc1ccc(C(=O)OC2CCCC(C)C2NC(=O)c2ccc(OCc3cc(C)nc4ccccc34)cc2)cc1. The minimum Gasteiger partial charge on any atom is -0.489 e. The van der Waals surface area contributed by atoms with Crippen molar-refractivity contribution in [1.82, 2.24) is 36.4 Å². The highest BCUT2D eigenvalue weighted by Gasteiger charge is 2.39. The summed E-state index contributed by atoms with van der Waals surface area (Å²) in [4.78, 5) is 76.9. The summed E-state index contributed by atoms with van der Waals surface area (Å²) in [7, 11) is 0. The number of fused-ring (bicyclic) bond motifs is 3. The lowest BCUT2D eigenvalue weighted by Gasteiger charge is -2.36. The molecule has 102 heavy (non-hydrogen) atoms. The monoisotopic (exact) mass is 1380 g/mol. The first-order valence-corrected chi connectivity index (χ1v) is 35.1. The number of esters is 1. The smallest absolute Gasteiger partial charge is 0.338 e. The van der Waals surface area contributed by atoms with Gasteiger partial charge in [0.1, 0.15) is 43.2 Å². The molecule has 3 aliphatic rings. The second-order valence-electron chi connectivity index (χ2n) is 27.0. The third-order valence-electron chi connectivity index (χ3n) is 19.4. The van der Waals surface area contributed by atoms with Gasteiger partial charge in [0.05, 0.1) is 58.4 Å². The minimum atomic E-state index is -0.855. The molecule has 0 saturated heterocycles. The number of aliphatic hydroxyl groups excluding tert-OH is 2. The van der Waals surface area contributed by atoms with Gasteiger partial charge in [0.15, 0.2) is 0 Å². The zero-order chi connectivity index (χ0) is 71.8. The molecule has 0 bridgehead atoms. The van der Waals surface area contributed by atoms with E-state index in [4.69, 9.17) is 24.2 Å². The van der Waals surface area contributed by atoms with Crippen LogP contribution in [0.25, 0.3) is 32.7 Å². The summed E-state index contributed by atoms with van der Waals surface area (Å²) in [6.45, 7) is 13.3. The van der Waals surface area contributed by atoms with Crippen LogP contribution in [-0.4, -0.2) is 96.4 Å². The Balaban J connectivity index is 0.000000155. The number of hydrogen-bond acceptors (Lipinski definition) is 15. The molecular formula is C83H89N7O12. The number of benzene rings is 7. The fourth-order valence-corrected chi connectivity index (χ4v) is 13.8. The van der Waals surface area contributed by atoms with E-state index < -0.39 is 36.0 Å². The second kappa shape index (κ2) is 34.2. The van der Waals surface area contributed by atoms with Crippen LogP contribution in [0.5, 0.6) is 17.2 Å². The first-order valence-electron chi connectivity index (χ1n) is 35.1. The Morgan fingerprint density at radius 1 is 0.422 bits per heavy atom. The van der Waals surface area contributed by atoms with E-state index in [2.05, 4.69) is 50.8 Å². The van der Waals surface area contributed by atoms with Crippen molar-refractivity contribution in [3.8, 4) is 17.2 Å². The van der Waals surface area contributed by atoms with Gasteiger partial charge in [0.2, 0.25) is 5.91 Å². The van der Waals surface area contributed by atoms with Gasteiger partial charge in [-0.15, -0.1) is 0 Å². The van der Waals surface area contributed by atoms with Gasteiger partial charge < -0.3 is 45.1 Å². The number of pyridine rings is 3. The molecule has 7 aromatic carbocycles. The van der Waals surface area contributed by atoms with Gasteiger partial charge in [0.25, 0.3) is 17.7 Å². The summed E-state index contributed by atoms with van der Waals surface area (Å²) < 4.78 is 23.9. The molecule has 7 N–H and O–H groups in total. The van der Waals surface area contributed by atoms with Gasteiger partial charge in [-0.25, -0.2) is 10.3 Å². The van der Waals surface area contributed by atoms with Crippen LogP contribution >= 0.6 is 0 Å². The number of aliphatic hydroxyl groups is 2. The Morgan fingerprint density at radius 2 is 0.775 bits per heavy atom. The van der Waals surface area contributed by atoms with Crippen LogP contribution in [-0.2, 0) is 29.4 Å². The predicted octanol–water partition coefficient (Wildman–Crippen LogP) is 13.9. The van der Waals surface area contributed by atoms with Crippen molar-refractivity contribution < 1.29 is 58.3 Å². The van der Waals surface area contributed by atoms with Crippen molar-refractivity contribution in [2.45, 2.75) is 156 Å². The van der Waals surface area contributed by atoms with Crippen molar-refractivity contribution in [2.75, 3.05) is 0 Å². The lowest BCUT2D eigenvalue weighted by molar-refractivity contribution is -0.137. The first-order chi connectivity index (χ1) is 49.3. The maximum atomic E-state index is 13.2. The highest BCUT2D eigenvalue weighted by molar-refractivity contribution is 5.96. The molecule has 19 heteroatoms. The average Bonchev–Trinajstić information content (AvgIpc) is 0.814. The largest absolute Gasteiger partial charge is 0.489 e. The Labute approximate surface area is 594 Å². The molecule has 3 aliphatic carbocycles. The number of aryl methyl sites for hydroxylation is 4. The number of ether oxygens (including phenoxy) is 4. The normalized spacial score (nSPS) is 20.1. The first kappa shape index (κ1) is 72.6. The zero-order valence-corrected chi connectivity index (χ0v) is 58.4. The molecule has 10 aromatic rings. The van der Waals surface area contributed by atoms with Crippen LogP contribution in [0.15, 0.2) is 188 Å². The van der Waals surface area contributed by atoms with E-state index in [0.717, 1.165) is 111 Å². The summed E-state index contributed by atoms with van der Waals surface area (Å²) in [5.74, 6) is 0.0652. The summed E-state index contributed by atoms with van der Waals surface area (Å²) in [5.41, 5.74) is 13.5. The highest BCUT2D eigenvalue weighted by atomic mass is 16.5. The summed E-state index contributed by atoms with van der Waals surface area (Å²) in [5, 5.41) is 41.5. The lowest BCUT2D eigenvalue weighted by Crippen LogP contribution is -2.54. The van der Waals surface area contributed by atoms with E-state index in [1.807, 2.05) is 149 Å². The predicted molar refractivity (Wildman–Crippen MR) is 391 cm³/mol. The van der Waals surface area contributed by atoms with Gasteiger partial charge in [-0.1, -0.05) is 92.6 Å². The lowest BCUT2D eigenvalue weighted by atomic mass is 9.82. The molecule has 9 unspecified atom stereocenters. The van der Waals surface area contributed by atoms with Crippen LogP contribution in [0.1, 0.15) is 152 Å². The number of nitrogens with one attached hydrogen (secondary N) is 4. The molecule has 528 valence electrons. The quantitative estimate of drug-likeness (QED) is 0.0239. The number of carbonyl (C=O) groups is 5. The van der Waals surface area contributed by atoms with Crippen molar-refractivity contribution in [3.63, 3.8) is 0 Å². The standard InChI is InChI=1S/C33H34N2O4.C25H27N3O5.C25H28N2O3/c1-21-11-13-25(14-12-21)33(37)39-30-10-6-7-22(2)31(30)35-32(36)24-15-17-27(18-16-24)38-20-26-19-23(3)34-29-9-5-4-8-28(26)29;1-15-13-17(19-5-2-3-7-21(19)26-15)14-33-18-11-9-16(10-12-18)24(30)27-23-20(25(31)28-32)6-4-8-22(23)29;1-16-6-5-9-23(28)24(16)27-25(29)18-10-12-20(13-11-18)30-15-19-14-17(2)26-22-8-4-3-7-21(19)22/h4-5,8-9,11-19,22,30-31H,6-7,10,20H2,1-3H3,(H,35,36);2-3,5,7,9-13,20,22-23,29,32H,4,6,8,14H2,1H3,(H,27,30)(H,28,31);3-4,7-8,10-14,16,23-24,28H,5-6,9,15H2,1-2H3,(H,27,29). The van der Waals surface area contributed by atoms with E-state index in [-0.39, 0.29) is 47.8 Å². The van der Waals surface area contributed by atoms with Gasteiger partial charge in [-0.2, -0.15) is 0 Å². The molecule has 0 radical (unpaired) electrons. The zero-order valence-electron chi connectivity index (χ0n) is 58.4. The molecular weight excluding hydrogens is 1290 g/mol. The van der Waals surface area contributed by atoms with E-state index in [9.17, 15) is 34.2 Å². The van der Waals surface area contributed by atoms with E-state index in [1.54, 1.807) is 66.1 Å². The molecule has 0 spiro atoms. The van der Waals surface area contributed by atoms with Crippen molar-refractivity contribution in [1.29, 1.82) is 0 Å². The number of hydrogen-bond donors (Lipinski definition) is 7. The number of para-hydroxylation sites is 3. The summed E-state index contributed by atoms with van der Waals surface area (Å²) in [6, 6.07) is 57.2. The van der Waals surface area contributed by atoms with E-state index in [0.29, 0.717) is 78.6 Å². The van der Waals surface area contributed by atoms with E-state index >= 15 is 0 Å². The van der Waals surface area contributed by atoms with Crippen LogP contribution < -0.4 is 35.6 Å². The molecule has 0 aliphatic heterocycles. The molecule has 4 amide bonds. The Kier molecular flexibility index (Phi) is 24.3. The molecule has 13 rings (SSSR count). The molecule has 3 saturated carbocycles. The molecule has 19 nitrogen and oxygen atoms in total. The number of amides is 4. The maximum absolute atomic E-state index is 13.2. The Morgan fingerprint density at radius 3 is 1.19 bits per heavy atom. The molecule has 3 heterocycles. The fraction of sp³-hybridized carbons (Fsp3) is 0.325. The minimum absolute atomic E-state index is 0.157. The molecule has 3 aromatic heterocycles. The van der Waals surface area contributed by atoms with E-state index in [1.165, 1.54) is 0 Å². The van der Waals surface area contributed by atoms with Gasteiger partial charge >= 0.3 is 5.97 Å². The number of carbonyl (C=O) groups excluding carboxylic acids is 5. The maximum Gasteiger partial charge on any atom is 0.338 e. The third kappa shape index (κ3) is 18.7. The second-order valence-corrected chi connectivity index (χ2v) is 27.0. The van der Waals surface area contributed by atoms with Crippen LogP contribution in [0.3, 0.4) is 0 Å². The summed E-state index contributed by atoms with van der Waals surface area (Å²) >= 11 is 0. The third-order valence-corrected chi connectivity index (χ3v) is 19.4. The topological polar surface area (TPSA) is 270 Å². The Hall–Kier alpha value is -10.6. The summed E-state index contributed by atoms with van der Waals surface area (Å²) in [6.07, 6.45) is 5.33. The van der Waals surface area contributed by atoms with Crippen LogP contribution in [0.4, 0.5) is 0 Å². The van der Waals surface area contributed by atoms with Crippen LogP contribution in [0.2, 0.25) is 0 Å². The van der Waals surface area contributed by atoms with Crippen molar-refractivity contribution >= 4 is 62.3 Å². The molecule has 9 atom stereocenters. The van der Waals surface area contributed by atoms with Crippen molar-refractivity contribution in [3.05, 3.63) is 250 Å². The van der Waals surface area contributed by atoms with Gasteiger partial charge in [-0.05, 0) is 212 Å². The molecule has 3 fully saturated rings. The number of rotatable bonds is 18. The van der Waals surface area contributed by atoms with Gasteiger partial charge in [0, 0.05) is 66.6 Å². The van der Waals surface area contributed by atoms with Crippen LogP contribution in [0, 0.1) is 45.4 Å². The van der Waals surface area contributed by atoms with Gasteiger partial charge in [-0.3, -0.25) is 39.3 Å². The highest BCUT2D eigenvalue weighted by Crippen LogP contribution is 2.31. The fourth-order valence-electron chi connectivity index (χ4n) is 13.8. The Bertz CT molecular complexity index is 4540. The number of nitrogens with zero attached hydrogens (tertiary/aromatic N) is 3. The number of hydroxylamine groups is 1. The average molecular weight is 1380 g/mol.